The molecule has 1 aromatic carbocycles. The Morgan fingerprint density at radius 1 is 1.30 bits per heavy atom. The van der Waals surface area contributed by atoms with Crippen molar-refractivity contribution < 1.29 is 27.6 Å². The molecule has 1 aromatic rings. The number of nitrogens with one attached hydrogen (secondary N) is 2. The predicted molar refractivity (Wildman–Crippen MR) is 90.0 cm³/mol. The molecule has 10 heteroatoms. The van der Waals surface area contributed by atoms with E-state index in [0.717, 1.165) is 6.07 Å². The number of hydrogen-bond acceptors (Lipinski definition) is 4. The van der Waals surface area contributed by atoms with E-state index in [1.165, 1.54) is 30.1 Å². The number of carbonyl (C=O) groups is 3. The van der Waals surface area contributed by atoms with Crippen molar-refractivity contribution in [2.75, 3.05) is 13.6 Å². The van der Waals surface area contributed by atoms with Gasteiger partial charge in [0.1, 0.15) is 5.54 Å². The Labute approximate surface area is 154 Å². The van der Waals surface area contributed by atoms with Gasteiger partial charge >= 0.3 is 12.2 Å². The van der Waals surface area contributed by atoms with E-state index in [1.807, 2.05) is 0 Å². The second kappa shape index (κ2) is 7.55. The number of alkyl halides is 3. The van der Waals surface area contributed by atoms with Crippen LogP contribution in [0.2, 0.25) is 0 Å². The maximum Gasteiger partial charge on any atom is 0.416 e. The minimum absolute atomic E-state index is 0.0221. The van der Waals surface area contributed by atoms with Gasteiger partial charge in [-0.25, -0.2) is 4.79 Å². The number of rotatable bonds is 6. The summed E-state index contributed by atoms with van der Waals surface area (Å²) >= 11 is 0. The zero-order valence-electron chi connectivity index (χ0n) is 15.2. The number of benzene rings is 1. The molecule has 1 aliphatic rings. The molecule has 148 valence electrons. The van der Waals surface area contributed by atoms with Crippen LogP contribution in [0.5, 0.6) is 0 Å². The van der Waals surface area contributed by atoms with E-state index < -0.39 is 35.1 Å². The van der Waals surface area contributed by atoms with Crippen molar-refractivity contribution in [2.24, 2.45) is 0 Å². The average Bonchev–Trinajstić information content (AvgIpc) is 2.78. The number of hydrazine groups is 1. The topological polar surface area (TPSA) is 81.8 Å². The lowest BCUT2D eigenvalue weighted by Gasteiger charge is -2.22. The third kappa shape index (κ3) is 4.57. The molecule has 27 heavy (non-hydrogen) atoms. The molecule has 1 fully saturated rings. The van der Waals surface area contributed by atoms with Crippen LogP contribution in [0.15, 0.2) is 24.3 Å². The van der Waals surface area contributed by atoms with Gasteiger partial charge in [0.05, 0.1) is 12.1 Å². The monoisotopic (exact) mass is 386 g/mol. The summed E-state index contributed by atoms with van der Waals surface area (Å²) in [4.78, 5) is 37.6. The van der Waals surface area contributed by atoms with E-state index in [0.29, 0.717) is 11.4 Å². The summed E-state index contributed by atoms with van der Waals surface area (Å²) in [7, 11) is 1.47. The van der Waals surface area contributed by atoms with E-state index in [9.17, 15) is 27.6 Å². The molecule has 0 spiro atoms. The number of imide groups is 1. The van der Waals surface area contributed by atoms with Crippen LogP contribution in [0.4, 0.5) is 18.0 Å². The first-order chi connectivity index (χ1) is 12.5. The molecule has 1 heterocycles. The number of hydrogen-bond donors (Lipinski definition) is 2. The van der Waals surface area contributed by atoms with Crippen LogP contribution in [0.3, 0.4) is 0 Å². The fourth-order valence-electron chi connectivity index (χ4n) is 2.71. The van der Waals surface area contributed by atoms with Crippen LogP contribution in [-0.4, -0.2) is 46.9 Å². The summed E-state index contributed by atoms with van der Waals surface area (Å²) < 4.78 is 39.1. The van der Waals surface area contributed by atoms with Crippen LogP contribution in [-0.2, 0) is 22.3 Å². The van der Waals surface area contributed by atoms with Crippen molar-refractivity contribution in [3.8, 4) is 0 Å². The minimum Gasteiger partial charge on any atom is -0.322 e. The quantitative estimate of drug-likeness (QED) is 0.732. The zero-order chi connectivity index (χ0) is 20.4. The van der Waals surface area contributed by atoms with Gasteiger partial charge in [0.15, 0.2) is 0 Å². The fraction of sp³-hybridized carbons (Fsp3) is 0.471. The highest BCUT2D eigenvalue weighted by atomic mass is 19.4. The molecule has 0 saturated carbocycles. The Hall–Kier alpha value is -2.62. The number of halogens is 3. The van der Waals surface area contributed by atoms with Gasteiger partial charge in [-0.2, -0.15) is 18.2 Å². The lowest BCUT2D eigenvalue weighted by Crippen LogP contribution is -2.50. The van der Waals surface area contributed by atoms with Crippen LogP contribution >= 0.6 is 0 Å². The molecule has 1 atom stereocenters. The van der Waals surface area contributed by atoms with Gasteiger partial charge in [0.25, 0.3) is 11.8 Å². The predicted octanol–water partition coefficient (Wildman–Crippen LogP) is 1.89. The first-order valence-electron chi connectivity index (χ1n) is 8.27. The summed E-state index contributed by atoms with van der Waals surface area (Å²) in [5.74, 6) is -1.28. The SMILES string of the molecule is CC[C@@]1(C)NC(=O)N(NC(=O)CN(C)Cc2ccccc2C(F)(F)F)C1=O. The fourth-order valence-corrected chi connectivity index (χ4v) is 2.71. The molecule has 1 aliphatic heterocycles. The summed E-state index contributed by atoms with van der Waals surface area (Å²) in [6, 6.07) is 4.34. The Balaban J connectivity index is 1.99. The Morgan fingerprint density at radius 2 is 1.93 bits per heavy atom. The normalized spacial score (nSPS) is 20.2. The lowest BCUT2D eigenvalue weighted by atomic mass is 10.00. The van der Waals surface area contributed by atoms with Crippen LogP contribution in [0.25, 0.3) is 0 Å². The van der Waals surface area contributed by atoms with E-state index >= 15 is 0 Å². The third-order valence-corrected chi connectivity index (χ3v) is 4.38. The van der Waals surface area contributed by atoms with Gasteiger partial charge in [0.2, 0.25) is 0 Å². The van der Waals surface area contributed by atoms with Crippen molar-refractivity contribution in [3.63, 3.8) is 0 Å². The van der Waals surface area contributed by atoms with Crippen LogP contribution in [0, 0.1) is 0 Å². The number of carbonyl (C=O) groups excluding carboxylic acids is 3. The molecule has 2 N–H and O–H groups in total. The summed E-state index contributed by atoms with van der Waals surface area (Å²) in [6.07, 6.45) is -4.15. The number of nitrogens with zero attached hydrogens (tertiary/aromatic N) is 2. The molecule has 7 nitrogen and oxygen atoms in total. The molecule has 0 unspecified atom stereocenters. The standard InChI is InChI=1S/C17H21F3N4O3/c1-4-16(2)14(26)24(15(27)21-16)22-13(25)10-23(3)9-11-7-5-6-8-12(11)17(18,19)20/h5-8H,4,9-10H2,1-3H3,(H,21,27)(H,22,25)/t16-/m1/s1. The minimum atomic E-state index is -4.50. The Morgan fingerprint density at radius 3 is 2.48 bits per heavy atom. The largest absolute Gasteiger partial charge is 0.416 e. The molecule has 4 amide bonds. The van der Waals surface area contributed by atoms with Crippen molar-refractivity contribution >= 4 is 17.8 Å². The summed E-state index contributed by atoms with van der Waals surface area (Å²) in [6.45, 7) is 2.83. The van der Waals surface area contributed by atoms with Gasteiger partial charge in [0, 0.05) is 6.54 Å². The zero-order valence-corrected chi connectivity index (χ0v) is 15.2. The molecule has 2 rings (SSSR count). The van der Waals surface area contributed by atoms with Crippen molar-refractivity contribution in [1.29, 1.82) is 0 Å². The Bertz CT molecular complexity index is 753. The van der Waals surface area contributed by atoms with Gasteiger partial charge in [-0.15, -0.1) is 0 Å². The highest BCUT2D eigenvalue weighted by Crippen LogP contribution is 2.32. The molecule has 0 bridgehead atoms. The lowest BCUT2D eigenvalue weighted by molar-refractivity contribution is -0.139. The molecule has 0 radical (unpaired) electrons. The maximum atomic E-state index is 13.0. The highest BCUT2D eigenvalue weighted by Gasteiger charge is 2.47. The number of likely N-dealkylation sites (N-methyl/N-ethyl adjacent to an activating group) is 1. The molecule has 0 aromatic heterocycles. The molecular formula is C17H21F3N4O3. The van der Waals surface area contributed by atoms with Crippen molar-refractivity contribution in [1.82, 2.24) is 20.7 Å². The van der Waals surface area contributed by atoms with E-state index in [1.54, 1.807) is 13.8 Å². The van der Waals surface area contributed by atoms with Gasteiger partial charge in [-0.05, 0) is 32.0 Å². The van der Waals surface area contributed by atoms with Gasteiger partial charge in [-0.1, -0.05) is 25.1 Å². The smallest absolute Gasteiger partial charge is 0.322 e. The Kier molecular flexibility index (Phi) is 5.79. The maximum absolute atomic E-state index is 13.0. The van der Waals surface area contributed by atoms with E-state index in [2.05, 4.69) is 10.7 Å². The second-order valence-electron chi connectivity index (χ2n) is 6.62. The average molecular weight is 386 g/mol. The molecule has 0 aliphatic carbocycles. The summed E-state index contributed by atoms with van der Waals surface area (Å²) in [5.41, 5.74) is 0.352. The van der Waals surface area contributed by atoms with E-state index in [-0.39, 0.29) is 18.7 Å². The number of amides is 4. The number of urea groups is 1. The molecular weight excluding hydrogens is 365 g/mol. The van der Waals surface area contributed by atoms with E-state index in [4.69, 9.17) is 0 Å². The highest BCUT2D eigenvalue weighted by molar-refractivity contribution is 6.07. The first kappa shape index (κ1) is 20.7. The molecule has 1 saturated heterocycles. The second-order valence-corrected chi connectivity index (χ2v) is 6.62. The first-order valence-corrected chi connectivity index (χ1v) is 8.27. The van der Waals surface area contributed by atoms with Crippen molar-refractivity contribution in [2.45, 2.75) is 38.5 Å². The van der Waals surface area contributed by atoms with Gasteiger partial charge in [-0.3, -0.25) is 19.9 Å². The third-order valence-electron chi connectivity index (χ3n) is 4.38. The van der Waals surface area contributed by atoms with Gasteiger partial charge < -0.3 is 5.32 Å². The summed E-state index contributed by atoms with van der Waals surface area (Å²) in [5, 5.41) is 3.09. The van der Waals surface area contributed by atoms with Crippen LogP contribution in [0.1, 0.15) is 31.4 Å². The van der Waals surface area contributed by atoms with Crippen molar-refractivity contribution in [3.05, 3.63) is 35.4 Å². The van der Waals surface area contributed by atoms with Crippen LogP contribution < -0.4 is 10.7 Å².